The van der Waals surface area contributed by atoms with Crippen molar-refractivity contribution in [1.29, 1.82) is 0 Å². The van der Waals surface area contributed by atoms with E-state index >= 15 is 0 Å². The van der Waals surface area contributed by atoms with Crippen molar-refractivity contribution in [1.82, 2.24) is 9.78 Å². The van der Waals surface area contributed by atoms with Crippen LogP contribution in [0.25, 0.3) is 0 Å². The van der Waals surface area contributed by atoms with E-state index in [0.717, 1.165) is 12.1 Å². The van der Waals surface area contributed by atoms with Crippen molar-refractivity contribution in [2.75, 3.05) is 5.32 Å². The zero-order valence-electron chi connectivity index (χ0n) is 8.73. The molecule has 4 nitrogen and oxygen atoms in total. The largest absolute Gasteiger partial charge is 0.320 e. The number of carbonyl (C=O) groups is 1. The first kappa shape index (κ1) is 11.3. The van der Waals surface area contributed by atoms with E-state index in [1.165, 1.54) is 16.9 Å². The average molecular weight is 237 g/mol. The second kappa shape index (κ2) is 4.73. The van der Waals surface area contributed by atoms with E-state index in [9.17, 15) is 13.6 Å². The van der Waals surface area contributed by atoms with Crippen molar-refractivity contribution in [2.45, 2.75) is 6.54 Å². The van der Waals surface area contributed by atoms with Crippen LogP contribution in [0.15, 0.2) is 36.7 Å². The summed E-state index contributed by atoms with van der Waals surface area (Å²) < 4.78 is 27.8. The maximum Gasteiger partial charge on any atom is 0.246 e. The van der Waals surface area contributed by atoms with Gasteiger partial charge in [-0.3, -0.25) is 9.48 Å². The molecule has 0 saturated carbocycles. The van der Waals surface area contributed by atoms with Crippen molar-refractivity contribution in [2.24, 2.45) is 0 Å². The number of hydrogen-bond acceptors (Lipinski definition) is 2. The van der Waals surface area contributed by atoms with Crippen LogP contribution in [0.5, 0.6) is 0 Å². The summed E-state index contributed by atoms with van der Waals surface area (Å²) in [7, 11) is 0. The highest BCUT2D eigenvalue weighted by Crippen LogP contribution is 2.17. The molecule has 17 heavy (non-hydrogen) atoms. The number of carbonyl (C=O) groups excluding carboxylic acids is 1. The van der Waals surface area contributed by atoms with Crippen LogP contribution < -0.4 is 5.32 Å². The van der Waals surface area contributed by atoms with Crippen molar-refractivity contribution in [3.63, 3.8) is 0 Å². The number of halogens is 2. The summed E-state index contributed by atoms with van der Waals surface area (Å²) in [4.78, 5) is 11.5. The Balaban J connectivity index is 2.08. The maximum atomic E-state index is 13.2. The smallest absolute Gasteiger partial charge is 0.246 e. The molecule has 1 N–H and O–H groups in total. The number of rotatable bonds is 3. The number of nitrogens with one attached hydrogen (secondary N) is 1. The fraction of sp³-hybridized carbons (Fsp3) is 0.0909. The van der Waals surface area contributed by atoms with Crippen molar-refractivity contribution < 1.29 is 13.6 Å². The number of aromatic nitrogens is 2. The lowest BCUT2D eigenvalue weighted by Crippen LogP contribution is -2.20. The van der Waals surface area contributed by atoms with E-state index < -0.39 is 23.2 Å². The normalized spacial score (nSPS) is 10.2. The highest BCUT2D eigenvalue weighted by atomic mass is 19.1. The van der Waals surface area contributed by atoms with Crippen LogP contribution in [0.2, 0.25) is 0 Å². The molecule has 88 valence electrons. The monoisotopic (exact) mass is 237 g/mol. The van der Waals surface area contributed by atoms with Gasteiger partial charge in [-0.15, -0.1) is 0 Å². The van der Waals surface area contributed by atoms with Crippen molar-refractivity contribution >= 4 is 11.6 Å². The van der Waals surface area contributed by atoms with E-state index in [0.29, 0.717) is 0 Å². The fourth-order valence-electron chi connectivity index (χ4n) is 1.34. The molecule has 1 aromatic carbocycles. The number of nitrogens with zero attached hydrogens (tertiary/aromatic N) is 2. The molecule has 0 fully saturated rings. The highest BCUT2D eigenvalue weighted by molar-refractivity contribution is 5.90. The summed E-state index contributed by atoms with van der Waals surface area (Å²) in [6.07, 6.45) is 3.09. The van der Waals surface area contributed by atoms with Gasteiger partial charge in [-0.2, -0.15) is 5.10 Å². The summed E-state index contributed by atoms with van der Waals surface area (Å²) in [5.41, 5.74) is -0.440. The topological polar surface area (TPSA) is 46.9 Å². The summed E-state index contributed by atoms with van der Waals surface area (Å²) in [6, 6.07) is 5.03. The predicted molar refractivity (Wildman–Crippen MR) is 57.2 cm³/mol. The maximum absolute atomic E-state index is 13.2. The third kappa shape index (κ3) is 2.66. The molecule has 0 aliphatic rings. The van der Waals surface area contributed by atoms with E-state index in [1.807, 2.05) is 0 Å². The summed E-state index contributed by atoms with van der Waals surface area (Å²) >= 11 is 0. The third-order valence-corrected chi connectivity index (χ3v) is 2.09. The van der Waals surface area contributed by atoms with Crippen LogP contribution in [-0.2, 0) is 11.3 Å². The molecule has 0 spiro atoms. The quantitative estimate of drug-likeness (QED) is 0.884. The molecule has 0 saturated heterocycles. The Hall–Kier alpha value is -2.24. The standard InChI is InChI=1S/C11H9F2N3O/c12-8-3-1-4-9(13)11(8)15-10(17)7-16-6-2-5-14-16/h1-6H,7H2,(H,15,17). The first-order valence-electron chi connectivity index (χ1n) is 4.88. The number of anilines is 1. The SMILES string of the molecule is O=C(Cn1cccn1)Nc1c(F)cccc1F. The van der Waals surface area contributed by atoms with Gasteiger partial charge in [-0.25, -0.2) is 8.78 Å². The molecule has 2 rings (SSSR count). The van der Waals surface area contributed by atoms with Crippen molar-refractivity contribution in [3.05, 3.63) is 48.3 Å². The average Bonchev–Trinajstić information content (AvgIpc) is 2.76. The van der Waals surface area contributed by atoms with E-state index in [-0.39, 0.29) is 6.54 Å². The third-order valence-electron chi connectivity index (χ3n) is 2.09. The van der Waals surface area contributed by atoms with Crippen molar-refractivity contribution in [3.8, 4) is 0 Å². The first-order valence-corrected chi connectivity index (χ1v) is 4.88. The van der Waals surface area contributed by atoms with Gasteiger partial charge in [0.15, 0.2) is 0 Å². The highest BCUT2D eigenvalue weighted by Gasteiger charge is 2.11. The van der Waals surface area contributed by atoms with Gasteiger partial charge in [-0.1, -0.05) is 6.07 Å². The first-order chi connectivity index (χ1) is 8.16. The number of para-hydroxylation sites is 1. The van der Waals surface area contributed by atoms with Crippen LogP contribution in [-0.4, -0.2) is 15.7 Å². The Morgan fingerprint density at radius 3 is 2.59 bits per heavy atom. The summed E-state index contributed by atoms with van der Waals surface area (Å²) in [6.45, 7) is -0.0965. The molecule has 0 aliphatic carbocycles. The van der Waals surface area contributed by atoms with Gasteiger partial charge in [0, 0.05) is 12.4 Å². The molecule has 0 atom stereocenters. The minimum absolute atomic E-state index is 0.0965. The Morgan fingerprint density at radius 2 is 2.00 bits per heavy atom. The zero-order valence-corrected chi connectivity index (χ0v) is 8.73. The van der Waals surface area contributed by atoms with Gasteiger partial charge in [0.25, 0.3) is 0 Å². The minimum atomic E-state index is -0.807. The molecule has 1 heterocycles. The molecule has 0 bridgehead atoms. The second-order valence-electron chi connectivity index (χ2n) is 3.35. The fourth-order valence-corrected chi connectivity index (χ4v) is 1.34. The lowest BCUT2D eigenvalue weighted by molar-refractivity contribution is -0.116. The van der Waals surface area contributed by atoms with Gasteiger partial charge in [0.2, 0.25) is 5.91 Å². The molecule has 1 amide bonds. The van der Waals surface area contributed by atoms with E-state index in [2.05, 4.69) is 10.4 Å². The molecule has 6 heteroatoms. The molecular weight excluding hydrogens is 228 g/mol. The van der Waals surface area contributed by atoms with Crippen LogP contribution >= 0.6 is 0 Å². The molecular formula is C11H9F2N3O. The number of benzene rings is 1. The van der Waals surface area contributed by atoms with Crippen LogP contribution in [0, 0.1) is 11.6 Å². The van der Waals surface area contributed by atoms with Crippen LogP contribution in [0.1, 0.15) is 0 Å². The molecule has 0 radical (unpaired) electrons. The Kier molecular flexibility index (Phi) is 3.13. The Bertz CT molecular complexity index is 505. The molecule has 2 aromatic rings. The van der Waals surface area contributed by atoms with Gasteiger partial charge in [0.1, 0.15) is 23.9 Å². The lowest BCUT2D eigenvalue weighted by atomic mass is 10.3. The number of amides is 1. The summed E-state index contributed by atoms with van der Waals surface area (Å²) in [5.74, 6) is -2.16. The van der Waals surface area contributed by atoms with Crippen LogP contribution in [0.4, 0.5) is 14.5 Å². The van der Waals surface area contributed by atoms with Gasteiger partial charge >= 0.3 is 0 Å². The Morgan fingerprint density at radius 1 is 1.29 bits per heavy atom. The predicted octanol–water partition coefficient (Wildman–Crippen LogP) is 1.80. The molecule has 0 aliphatic heterocycles. The van der Waals surface area contributed by atoms with Crippen LogP contribution in [0.3, 0.4) is 0 Å². The number of hydrogen-bond donors (Lipinski definition) is 1. The minimum Gasteiger partial charge on any atom is -0.320 e. The zero-order chi connectivity index (χ0) is 12.3. The molecule has 0 unspecified atom stereocenters. The van der Waals surface area contributed by atoms with E-state index in [4.69, 9.17) is 0 Å². The lowest BCUT2D eigenvalue weighted by Gasteiger charge is -2.07. The van der Waals surface area contributed by atoms with E-state index in [1.54, 1.807) is 12.3 Å². The van der Waals surface area contributed by atoms with Gasteiger partial charge < -0.3 is 5.32 Å². The van der Waals surface area contributed by atoms with Gasteiger partial charge in [0.05, 0.1) is 0 Å². The second-order valence-corrected chi connectivity index (χ2v) is 3.35. The summed E-state index contributed by atoms with van der Waals surface area (Å²) in [5, 5.41) is 5.98. The molecule has 1 aromatic heterocycles. The Labute approximate surface area is 95.9 Å². The van der Waals surface area contributed by atoms with Gasteiger partial charge in [-0.05, 0) is 18.2 Å².